The molecule has 35 heavy (non-hydrogen) atoms. The van der Waals surface area contributed by atoms with E-state index in [-0.39, 0.29) is 12.3 Å². The van der Waals surface area contributed by atoms with Crippen molar-refractivity contribution in [3.63, 3.8) is 0 Å². The normalized spacial score (nSPS) is 15.2. The van der Waals surface area contributed by atoms with Gasteiger partial charge in [-0.25, -0.2) is 4.98 Å². The Bertz CT molecular complexity index is 1430. The van der Waals surface area contributed by atoms with E-state index in [1.54, 1.807) is 24.3 Å². The minimum absolute atomic E-state index is 0.186. The van der Waals surface area contributed by atoms with Gasteiger partial charge in [0.2, 0.25) is 11.8 Å². The molecule has 0 saturated carbocycles. The first kappa shape index (κ1) is 22.3. The summed E-state index contributed by atoms with van der Waals surface area (Å²) in [5.74, 6) is -0.239. The number of aryl methyl sites for hydroxylation is 3. The molecule has 176 valence electrons. The number of imidazole rings is 1. The molecule has 3 aromatic carbocycles. The van der Waals surface area contributed by atoms with Crippen LogP contribution in [-0.4, -0.2) is 33.3 Å². The second-order valence-corrected chi connectivity index (χ2v) is 8.59. The molecule has 5 rings (SSSR count). The van der Waals surface area contributed by atoms with Gasteiger partial charge in [-0.2, -0.15) is 0 Å². The first-order valence-corrected chi connectivity index (χ1v) is 11.5. The van der Waals surface area contributed by atoms with Crippen molar-refractivity contribution in [3.8, 4) is 0 Å². The van der Waals surface area contributed by atoms with Gasteiger partial charge < -0.3 is 20.5 Å². The van der Waals surface area contributed by atoms with Crippen LogP contribution in [0.3, 0.4) is 0 Å². The zero-order valence-corrected chi connectivity index (χ0v) is 19.2. The van der Waals surface area contributed by atoms with Crippen LogP contribution in [0.4, 0.5) is 11.4 Å². The van der Waals surface area contributed by atoms with E-state index in [2.05, 4.69) is 32.7 Å². The van der Waals surface area contributed by atoms with Crippen molar-refractivity contribution in [2.75, 3.05) is 10.6 Å². The molecule has 4 aromatic rings. The molecule has 3 N–H and O–H groups in total. The van der Waals surface area contributed by atoms with Crippen LogP contribution in [0.15, 0.2) is 72.8 Å². The fourth-order valence-corrected chi connectivity index (χ4v) is 4.30. The molecule has 1 atom stereocenters. The molecule has 0 unspecified atom stereocenters. The smallest absolute Gasteiger partial charge is 0.254 e. The standard InChI is InChI=1S/C27H25N5O3/c1-32-23-13-12-18(15-21(23)29-24(32)14-11-17-7-3-2-4-8-17)28-25(33)16-22-27(35)30-20-10-6-5-9-19(20)26(34)31-22/h2-10,12-13,15,22H,11,14,16H2,1H3,(H,28,33)(H,30,35)(H,31,34)/t22-/m0/s1. The minimum atomic E-state index is -0.974. The van der Waals surface area contributed by atoms with Crippen LogP contribution in [0.2, 0.25) is 0 Å². The Morgan fingerprint density at radius 3 is 2.60 bits per heavy atom. The summed E-state index contributed by atoms with van der Waals surface area (Å²) in [6.07, 6.45) is 1.50. The molecule has 1 aromatic heterocycles. The lowest BCUT2D eigenvalue weighted by Crippen LogP contribution is -2.43. The van der Waals surface area contributed by atoms with Crippen molar-refractivity contribution in [2.24, 2.45) is 7.05 Å². The summed E-state index contributed by atoms with van der Waals surface area (Å²) in [7, 11) is 1.99. The quantitative estimate of drug-likeness (QED) is 0.404. The molecule has 2 heterocycles. The summed E-state index contributed by atoms with van der Waals surface area (Å²) in [4.78, 5) is 42.5. The van der Waals surface area contributed by atoms with Crippen molar-refractivity contribution >= 4 is 40.1 Å². The number of para-hydroxylation sites is 1. The maximum atomic E-state index is 12.7. The zero-order chi connectivity index (χ0) is 24.4. The molecule has 8 heteroatoms. The molecular weight excluding hydrogens is 442 g/mol. The number of anilines is 2. The van der Waals surface area contributed by atoms with Gasteiger partial charge >= 0.3 is 0 Å². The number of carbonyl (C=O) groups is 3. The average molecular weight is 468 g/mol. The number of aromatic nitrogens is 2. The summed E-state index contributed by atoms with van der Waals surface area (Å²) in [5, 5.41) is 8.18. The van der Waals surface area contributed by atoms with E-state index in [9.17, 15) is 14.4 Å². The van der Waals surface area contributed by atoms with Crippen LogP contribution in [0.25, 0.3) is 11.0 Å². The lowest BCUT2D eigenvalue weighted by atomic mass is 10.1. The van der Waals surface area contributed by atoms with Gasteiger partial charge in [-0.05, 0) is 42.3 Å². The number of nitrogens with zero attached hydrogens (tertiary/aromatic N) is 2. The number of amides is 3. The van der Waals surface area contributed by atoms with Crippen LogP contribution < -0.4 is 16.0 Å². The van der Waals surface area contributed by atoms with E-state index in [1.165, 1.54) is 5.56 Å². The lowest BCUT2D eigenvalue weighted by Gasteiger charge is -2.14. The van der Waals surface area contributed by atoms with E-state index in [0.29, 0.717) is 16.9 Å². The molecule has 0 fully saturated rings. The van der Waals surface area contributed by atoms with Crippen LogP contribution >= 0.6 is 0 Å². The summed E-state index contributed by atoms with van der Waals surface area (Å²) < 4.78 is 2.06. The monoisotopic (exact) mass is 467 g/mol. The topological polar surface area (TPSA) is 105 Å². The van der Waals surface area contributed by atoms with E-state index in [0.717, 1.165) is 29.7 Å². The number of fused-ring (bicyclic) bond motifs is 2. The van der Waals surface area contributed by atoms with Crippen molar-refractivity contribution in [2.45, 2.75) is 25.3 Å². The molecule has 3 amide bonds. The van der Waals surface area contributed by atoms with Gasteiger partial charge in [0.15, 0.2) is 0 Å². The summed E-state index contributed by atoms with van der Waals surface area (Å²) in [6.45, 7) is 0. The first-order valence-electron chi connectivity index (χ1n) is 11.5. The Labute approximate surface area is 202 Å². The lowest BCUT2D eigenvalue weighted by molar-refractivity contribution is -0.122. The number of carbonyl (C=O) groups excluding carboxylic acids is 3. The minimum Gasteiger partial charge on any atom is -0.340 e. The van der Waals surface area contributed by atoms with Gasteiger partial charge in [0, 0.05) is 19.2 Å². The third-order valence-electron chi connectivity index (χ3n) is 6.18. The third kappa shape index (κ3) is 4.77. The summed E-state index contributed by atoms with van der Waals surface area (Å²) in [6, 6.07) is 21.6. The highest BCUT2D eigenvalue weighted by molar-refractivity contribution is 6.11. The van der Waals surface area contributed by atoms with Crippen LogP contribution in [0.5, 0.6) is 0 Å². The Morgan fingerprint density at radius 2 is 1.77 bits per heavy atom. The maximum absolute atomic E-state index is 12.7. The zero-order valence-electron chi connectivity index (χ0n) is 19.2. The van der Waals surface area contributed by atoms with Crippen LogP contribution in [0, 0.1) is 0 Å². The molecule has 0 aliphatic carbocycles. The molecule has 1 aliphatic heterocycles. The van der Waals surface area contributed by atoms with Crippen molar-refractivity contribution in [1.29, 1.82) is 0 Å². The van der Waals surface area contributed by atoms with Gasteiger partial charge in [-0.1, -0.05) is 42.5 Å². The van der Waals surface area contributed by atoms with Crippen LogP contribution in [-0.2, 0) is 29.5 Å². The Hall–Kier alpha value is -4.46. The Morgan fingerprint density at radius 1 is 1.00 bits per heavy atom. The first-order chi connectivity index (χ1) is 17.0. The molecular formula is C27H25N5O3. The van der Waals surface area contributed by atoms with Gasteiger partial charge in [0.25, 0.3) is 5.91 Å². The maximum Gasteiger partial charge on any atom is 0.254 e. The van der Waals surface area contributed by atoms with E-state index in [1.807, 2.05) is 43.4 Å². The van der Waals surface area contributed by atoms with Gasteiger partial charge in [-0.15, -0.1) is 0 Å². The molecule has 1 aliphatic rings. The van der Waals surface area contributed by atoms with E-state index >= 15 is 0 Å². The third-order valence-corrected chi connectivity index (χ3v) is 6.18. The molecule has 0 bridgehead atoms. The van der Waals surface area contributed by atoms with E-state index in [4.69, 9.17) is 4.98 Å². The second-order valence-electron chi connectivity index (χ2n) is 8.59. The highest BCUT2D eigenvalue weighted by atomic mass is 16.2. The Balaban J connectivity index is 1.26. The number of hydrogen-bond donors (Lipinski definition) is 3. The summed E-state index contributed by atoms with van der Waals surface area (Å²) in [5.41, 5.74) is 4.39. The SMILES string of the molecule is Cn1c(CCc2ccccc2)nc2cc(NC(=O)C[C@@H]3NC(=O)c4ccccc4NC3=O)ccc21. The van der Waals surface area contributed by atoms with Gasteiger partial charge in [-0.3, -0.25) is 14.4 Å². The highest BCUT2D eigenvalue weighted by Crippen LogP contribution is 2.22. The van der Waals surface area contributed by atoms with Crippen molar-refractivity contribution < 1.29 is 14.4 Å². The predicted octanol–water partition coefficient (Wildman–Crippen LogP) is 3.44. The fraction of sp³-hybridized carbons (Fsp3) is 0.185. The number of hydrogen-bond acceptors (Lipinski definition) is 4. The molecule has 0 spiro atoms. The molecule has 8 nitrogen and oxygen atoms in total. The Kier molecular flexibility index (Phi) is 6.01. The molecule has 0 saturated heterocycles. The van der Waals surface area contributed by atoms with Crippen LogP contribution in [0.1, 0.15) is 28.2 Å². The highest BCUT2D eigenvalue weighted by Gasteiger charge is 2.29. The second kappa shape index (κ2) is 9.42. The number of nitrogens with one attached hydrogen (secondary N) is 3. The largest absolute Gasteiger partial charge is 0.340 e. The fourth-order valence-electron chi connectivity index (χ4n) is 4.30. The van der Waals surface area contributed by atoms with Crippen molar-refractivity contribution in [3.05, 3.63) is 89.7 Å². The van der Waals surface area contributed by atoms with Crippen molar-refractivity contribution in [1.82, 2.24) is 14.9 Å². The number of rotatable bonds is 6. The molecule has 0 radical (unpaired) electrons. The average Bonchev–Trinajstić information content (AvgIpc) is 3.11. The summed E-state index contributed by atoms with van der Waals surface area (Å²) >= 11 is 0. The van der Waals surface area contributed by atoms with E-state index < -0.39 is 17.9 Å². The van der Waals surface area contributed by atoms with Gasteiger partial charge in [0.05, 0.1) is 28.7 Å². The predicted molar refractivity (Wildman–Crippen MR) is 134 cm³/mol. The van der Waals surface area contributed by atoms with Gasteiger partial charge in [0.1, 0.15) is 11.9 Å². The number of benzene rings is 3.